The summed E-state index contributed by atoms with van der Waals surface area (Å²) >= 11 is 0. The van der Waals surface area contributed by atoms with Gasteiger partial charge in [0.1, 0.15) is 0 Å². The second-order valence-corrected chi connectivity index (χ2v) is 10.8. The Bertz CT molecular complexity index is 609. The zero-order chi connectivity index (χ0) is 30.7. The van der Waals surface area contributed by atoms with Crippen LogP contribution < -0.4 is 0 Å². The topological polar surface area (TPSA) is 137 Å². The predicted octanol–water partition coefficient (Wildman–Crippen LogP) is 4.25. The largest absolute Gasteiger partial charge is 0.397 e. The SMILES string of the molecule is CCCCCCCCCCCCCOCCOCCOCCOCCOCCOCCOCCOCCOS(=O)(=O)O. The molecule has 1 N–H and O–H groups in total. The van der Waals surface area contributed by atoms with Crippen LogP contribution >= 0.6 is 0 Å². The number of hydrogen-bond acceptors (Lipinski definition) is 11. The average Bonchev–Trinajstić information content (AvgIpc) is 2.96. The van der Waals surface area contributed by atoms with Crippen LogP contribution in [0.2, 0.25) is 0 Å². The minimum absolute atomic E-state index is 0.0402. The van der Waals surface area contributed by atoms with E-state index in [0.717, 1.165) is 13.0 Å². The van der Waals surface area contributed by atoms with Gasteiger partial charge in [0.15, 0.2) is 0 Å². The Morgan fingerprint density at radius 1 is 0.357 bits per heavy atom. The number of unbranched alkanes of at least 4 members (excludes halogenated alkanes) is 10. The van der Waals surface area contributed by atoms with Crippen LogP contribution in [0.1, 0.15) is 77.6 Å². The minimum Gasteiger partial charge on any atom is -0.379 e. The third-order valence-corrected chi connectivity index (χ3v) is 6.42. The van der Waals surface area contributed by atoms with Gasteiger partial charge in [-0.05, 0) is 6.42 Å². The van der Waals surface area contributed by atoms with Crippen molar-refractivity contribution >= 4 is 10.4 Å². The molecule has 0 aliphatic heterocycles. The molecule has 0 aliphatic rings. The minimum atomic E-state index is -4.41. The van der Waals surface area contributed by atoms with E-state index in [0.29, 0.717) is 85.9 Å². The second-order valence-electron chi connectivity index (χ2n) is 9.68. The van der Waals surface area contributed by atoms with Gasteiger partial charge in [-0.2, -0.15) is 8.42 Å². The van der Waals surface area contributed by atoms with Crippen molar-refractivity contribution in [3.63, 3.8) is 0 Å². The quantitative estimate of drug-likeness (QED) is 0.0774. The van der Waals surface area contributed by atoms with Crippen LogP contribution in [0.5, 0.6) is 0 Å². The van der Waals surface area contributed by atoms with Gasteiger partial charge in [-0.1, -0.05) is 71.1 Å². The Kier molecular flexibility index (Phi) is 34.7. The zero-order valence-electron chi connectivity index (χ0n) is 26.1. The molecule has 0 radical (unpaired) electrons. The standard InChI is InChI=1S/C29H60O12S/c1-2-3-4-5-6-7-8-9-10-11-12-13-33-14-15-34-16-17-35-18-19-36-20-21-37-22-23-38-24-25-39-26-27-40-28-29-41-42(30,31)32/h2-29H2,1H3,(H,30,31,32). The van der Waals surface area contributed by atoms with Crippen LogP contribution in [-0.4, -0.2) is 125 Å². The highest BCUT2D eigenvalue weighted by Crippen LogP contribution is 2.11. The van der Waals surface area contributed by atoms with Crippen LogP contribution in [0.3, 0.4) is 0 Å². The monoisotopic (exact) mass is 632 g/mol. The third-order valence-electron chi connectivity index (χ3n) is 5.96. The summed E-state index contributed by atoms with van der Waals surface area (Å²) in [5, 5.41) is 0. The summed E-state index contributed by atoms with van der Waals surface area (Å²) in [5.74, 6) is 0. The summed E-state index contributed by atoms with van der Waals surface area (Å²) in [6.07, 6.45) is 14.8. The molecule has 0 fully saturated rings. The summed E-state index contributed by atoms with van der Waals surface area (Å²) in [7, 11) is -4.41. The molecule has 0 aromatic carbocycles. The lowest BCUT2D eigenvalue weighted by Crippen LogP contribution is -2.15. The molecule has 0 aromatic heterocycles. The maximum Gasteiger partial charge on any atom is 0.397 e. The van der Waals surface area contributed by atoms with E-state index in [1.807, 2.05) is 0 Å². The maximum atomic E-state index is 10.3. The van der Waals surface area contributed by atoms with E-state index in [9.17, 15) is 8.42 Å². The molecule has 0 atom stereocenters. The highest BCUT2D eigenvalue weighted by molar-refractivity contribution is 7.80. The zero-order valence-corrected chi connectivity index (χ0v) is 27.0. The Morgan fingerprint density at radius 2 is 0.595 bits per heavy atom. The lowest BCUT2D eigenvalue weighted by Gasteiger charge is -2.08. The number of ether oxygens (including phenoxy) is 8. The molecule has 254 valence electrons. The molecule has 12 nitrogen and oxygen atoms in total. The van der Waals surface area contributed by atoms with Crippen LogP contribution in [0, 0.1) is 0 Å². The highest BCUT2D eigenvalue weighted by Gasteiger charge is 2.03. The molecule has 0 amide bonds. The fraction of sp³-hybridized carbons (Fsp3) is 1.00. The fourth-order valence-corrected chi connectivity index (χ4v) is 3.99. The lowest BCUT2D eigenvalue weighted by atomic mass is 10.1. The summed E-state index contributed by atoms with van der Waals surface area (Å²) in [5.41, 5.74) is 0. The Hall–Kier alpha value is -0.450. The van der Waals surface area contributed by atoms with Gasteiger partial charge in [-0.25, -0.2) is 4.18 Å². The van der Waals surface area contributed by atoms with Crippen molar-refractivity contribution in [2.24, 2.45) is 0 Å². The van der Waals surface area contributed by atoms with E-state index in [1.54, 1.807) is 0 Å². The predicted molar refractivity (Wildman–Crippen MR) is 161 cm³/mol. The molecule has 13 heteroatoms. The Morgan fingerprint density at radius 3 is 0.881 bits per heavy atom. The first-order valence-corrected chi connectivity index (χ1v) is 17.2. The molecule has 0 saturated carbocycles. The molecule has 0 rings (SSSR count). The van der Waals surface area contributed by atoms with Crippen molar-refractivity contribution in [2.45, 2.75) is 77.6 Å². The van der Waals surface area contributed by atoms with E-state index in [1.165, 1.54) is 64.2 Å². The van der Waals surface area contributed by atoms with Gasteiger partial charge in [0.2, 0.25) is 0 Å². The normalized spacial score (nSPS) is 12.0. The molecule has 42 heavy (non-hydrogen) atoms. The van der Waals surface area contributed by atoms with Crippen molar-refractivity contribution in [3.8, 4) is 0 Å². The average molecular weight is 633 g/mol. The molecule has 0 bridgehead atoms. The van der Waals surface area contributed by atoms with Crippen LogP contribution in [0.15, 0.2) is 0 Å². The van der Waals surface area contributed by atoms with E-state index in [2.05, 4.69) is 11.1 Å². The van der Waals surface area contributed by atoms with Gasteiger partial charge in [-0.15, -0.1) is 0 Å². The van der Waals surface area contributed by atoms with E-state index >= 15 is 0 Å². The molecule has 0 heterocycles. The van der Waals surface area contributed by atoms with Gasteiger partial charge in [-0.3, -0.25) is 4.55 Å². The lowest BCUT2D eigenvalue weighted by molar-refractivity contribution is -0.0237. The molecule has 0 spiro atoms. The first-order valence-electron chi connectivity index (χ1n) is 15.8. The van der Waals surface area contributed by atoms with E-state index in [4.69, 9.17) is 42.4 Å². The van der Waals surface area contributed by atoms with Gasteiger partial charge in [0.05, 0.1) is 106 Å². The molecular formula is C29H60O12S. The van der Waals surface area contributed by atoms with Crippen LogP contribution in [-0.2, 0) is 52.5 Å². The number of rotatable bonds is 37. The van der Waals surface area contributed by atoms with Crippen molar-refractivity contribution in [3.05, 3.63) is 0 Å². The van der Waals surface area contributed by atoms with E-state index in [-0.39, 0.29) is 19.8 Å². The summed E-state index contributed by atoms with van der Waals surface area (Å²) in [4.78, 5) is 0. The number of hydrogen-bond donors (Lipinski definition) is 1. The van der Waals surface area contributed by atoms with Crippen molar-refractivity contribution in [1.29, 1.82) is 0 Å². The van der Waals surface area contributed by atoms with Crippen LogP contribution in [0.25, 0.3) is 0 Å². The highest BCUT2D eigenvalue weighted by atomic mass is 32.3. The maximum absolute atomic E-state index is 10.3. The second kappa shape index (κ2) is 35.0. The Balaban J connectivity index is 3.05. The van der Waals surface area contributed by atoms with E-state index < -0.39 is 10.4 Å². The van der Waals surface area contributed by atoms with Crippen molar-refractivity contribution in [1.82, 2.24) is 0 Å². The molecule has 0 aromatic rings. The van der Waals surface area contributed by atoms with Gasteiger partial charge >= 0.3 is 10.4 Å². The van der Waals surface area contributed by atoms with Gasteiger partial charge < -0.3 is 37.9 Å². The summed E-state index contributed by atoms with van der Waals surface area (Å²) in [6.45, 7) is 9.62. The summed E-state index contributed by atoms with van der Waals surface area (Å²) < 4.78 is 76.4. The Labute approximate surface area is 255 Å². The van der Waals surface area contributed by atoms with Gasteiger partial charge in [0.25, 0.3) is 0 Å². The van der Waals surface area contributed by atoms with Gasteiger partial charge in [0, 0.05) is 6.61 Å². The fourth-order valence-electron chi connectivity index (χ4n) is 3.71. The first kappa shape index (κ1) is 41.5. The molecule has 0 aliphatic carbocycles. The summed E-state index contributed by atoms with van der Waals surface area (Å²) in [6, 6.07) is 0. The van der Waals surface area contributed by atoms with Crippen LogP contribution in [0.4, 0.5) is 0 Å². The smallest absolute Gasteiger partial charge is 0.379 e. The molecule has 0 unspecified atom stereocenters. The molecule has 0 saturated heterocycles. The molecular weight excluding hydrogens is 572 g/mol. The van der Waals surface area contributed by atoms with Crippen molar-refractivity contribution < 1.29 is 55.0 Å². The first-order chi connectivity index (χ1) is 20.6. The third kappa shape index (κ3) is 39.5. The van der Waals surface area contributed by atoms with Crippen molar-refractivity contribution in [2.75, 3.05) is 112 Å².